The molecule has 1 aromatic heterocycles. The van der Waals surface area contributed by atoms with Crippen LogP contribution in [0.25, 0.3) is 0 Å². The number of nitrogens with zero attached hydrogens (tertiary/aromatic N) is 3. The Morgan fingerprint density at radius 1 is 1.24 bits per heavy atom. The van der Waals surface area contributed by atoms with Crippen LogP contribution < -0.4 is 10.6 Å². The summed E-state index contributed by atoms with van der Waals surface area (Å²) in [5.74, 6) is 1.23. The molecule has 0 radical (unpaired) electrons. The van der Waals surface area contributed by atoms with Gasteiger partial charge in [-0.15, -0.1) is 5.10 Å². The van der Waals surface area contributed by atoms with Crippen molar-refractivity contribution in [3.63, 3.8) is 0 Å². The number of rotatable bonds is 7. The molecule has 21 heavy (non-hydrogen) atoms. The van der Waals surface area contributed by atoms with E-state index in [1.54, 1.807) is 6.20 Å². The summed E-state index contributed by atoms with van der Waals surface area (Å²) in [5, 5.41) is 14.4. The minimum Gasteiger partial charge on any atom is -0.353 e. The van der Waals surface area contributed by atoms with Crippen molar-refractivity contribution in [1.82, 2.24) is 15.2 Å². The van der Waals surface area contributed by atoms with Crippen LogP contribution in [-0.2, 0) is 0 Å². The molecule has 0 amide bonds. The number of hydrogen-bond acceptors (Lipinski definition) is 5. The normalized spacial score (nSPS) is 10.4. The fourth-order valence-corrected chi connectivity index (χ4v) is 2.47. The summed E-state index contributed by atoms with van der Waals surface area (Å²) in [6, 6.07) is 6.11. The average Bonchev–Trinajstić information content (AvgIpc) is 2.47. The predicted octanol–water partition coefficient (Wildman–Crippen LogP) is 4.29. The highest BCUT2D eigenvalue weighted by atomic mass is 79.9. The van der Waals surface area contributed by atoms with E-state index >= 15 is 0 Å². The van der Waals surface area contributed by atoms with Crippen LogP contribution in [0, 0.1) is 6.92 Å². The Morgan fingerprint density at radius 3 is 2.86 bits per heavy atom. The molecular formula is C15H20BrN5. The van der Waals surface area contributed by atoms with Crippen molar-refractivity contribution in [3.8, 4) is 0 Å². The summed E-state index contributed by atoms with van der Waals surface area (Å²) in [4.78, 5) is 4.41. The van der Waals surface area contributed by atoms with Crippen LogP contribution >= 0.6 is 15.9 Å². The molecule has 0 aliphatic heterocycles. The molecule has 2 rings (SSSR count). The standard InChI is InChI=1S/C15H20BrN5/c1-3-4-5-8-17-15-20-14(10-18-21-15)19-13-7-6-11(2)9-12(13)16/h6-7,9-10H,3-5,8H2,1-2H3,(H2,17,19,20,21). The van der Waals surface area contributed by atoms with E-state index in [9.17, 15) is 0 Å². The number of unbranched alkanes of at least 4 members (excludes halogenated alkanes) is 2. The van der Waals surface area contributed by atoms with Crippen LogP contribution in [-0.4, -0.2) is 21.7 Å². The topological polar surface area (TPSA) is 62.7 Å². The summed E-state index contributed by atoms with van der Waals surface area (Å²) < 4.78 is 0.999. The van der Waals surface area contributed by atoms with Crippen molar-refractivity contribution in [2.45, 2.75) is 33.1 Å². The summed E-state index contributed by atoms with van der Waals surface area (Å²) in [7, 11) is 0. The molecule has 1 aromatic carbocycles. The van der Waals surface area contributed by atoms with E-state index in [2.05, 4.69) is 61.7 Å². The van der Waals surface area contributed by atoms with Gasteiger partial charge in [-0.05, 0) is 47.0 Å². The fourth-order valence-electron chi connectivity index (χ4n) is 1.87. The number of nitrogens with one attached hydrogen (secondary N) is 2. The second-order valence-electron chi connectivity index (χ2n) is 4.91. The molecule has 5 nitrogen and oxygen atoms in total. The van der Waals surface area contributed by atoms with E-state index in [1.807, 2.05) is 12.1 Å². The third kappa shape index (κ3) is 4.97. The third-order valence-electron chi connectivity index (χ3n) is 3.01. The van der Waals surface area contributed by atoms with Crippen molar-refractivity contribution >= 4 is 33.4 Å². The highest BCUT2D eigenvalue weighted by Gasteiger charge is 2.04. The van der Waals surface area contributed by atoms with Crippen molar-refractivity contribution in [3.05, 3.63) is 34.4 Å². The number of hydrogen-bond donors (Lipinski definition) is 2. The fraction of sp³-hybridized carbons (Fsp3) is 0.400. The minimum absolute atomic E-state index is 0.555. The van der Waals surface area contributed by atoms with E-state index in [0.717, 1.165) is 23.1 Å². The summed E-state index contributed by atoms with van der Waals surface area (Å²) in [6.45, 7) is 5.11. The lowest BCUT2D eigenvalue weighted by Gasteiger charge is -2.09. The van der Waals surface area contributed by atoms with Gasteiger partial charge in [0.2, 0.25) is 5.95 Å². The maximum absolute atomic E-state index is 4.41. The van der Waals surface area contributed by atoms with Gasteiger partial charge in [0, 0.05) is 11.0 Å². The Bertz CT molecular complexity index is 588. The van der Waals surface area contributed by atoms with Gasteiger partial charge in [0.05, 0.1) is 11.9 Å². The van der Waals surface area contributed by atoms with Gasteiger partial charge in [0.1, 0.15) is 0 Å². The first-order chi connectivity index (χ1) is 10.2. The highest BCUT2D eigenvalue weighted by Crippen LogP contribution is 2.25. The maximum atomic E-state index is 4.41. The van der Waals surface area contributed by atoms with Gasteiger partial charge in [-0.1, -0.05) is 25.8 Å². The van der Waals surface area contributed by atoms with Gasteiger partial charge in [-0.25, -0.2) is 0 Å². The molecule has 1 heterocycles. The van der Waals surface area contributed by atoms with Gasteiger partial charge in [-0.2, -0.15) is 10.1 Å². The molecule has 0 saturated carbocycles. The average molecular weight is 350 g/mol. The zero-order valence-corrected chi connectivity index (χ0v) is 13.9. The molecule has 2 aromatic rings. The molecule has 2 N–H and O–H groups in total. The van der Waals surface area contributed by atoms with Gasteiger partial charge in [0.25, 0.3) is 0 Å². The number of benzene rings is 1. The molecule has 0 aliphatic rings. The second-order valence-corrected chi connectivity index (χ2v) is 5.76. The molecule has 0 atom stereocenters. The summed E-state index contributed by atoms with van der Waals surface area (Å²) in [5.41, 5.74) is 2.16. The Labute approximate surface area is 133 Å². The van der Waals surface area contributed by atoms with E-state index in [1.165, 1.54) is 18.4 Å². The van der Waals surface area contributed by atoms with Crippen LogP contribution in [0.5, 0.6) is 0 Å². The van der Waals surface area contributed by atoms with Crippen LogP contribution in [0.2, 0.25) is 0 Å². The van der Waals surface area contributed by atoms with Gasteiger partial charge in [-0.3, -0.25) is 0 Å². The Hall–Kier alpha value is -1.69. The number of anilines is 3. The summed E-state index contributed by atoms with van der Waals surface area (Å²) >= 11 is 3.54. The summed E-state index contributed by atoms with van der Waals surface area (Å²) in [6.07, 6.45) is 5.13. The van der Waals surface area contributed by atoms with Crippen LogP contribution in [0.1, 0.15) is 31.7 Å². The smallest absolute Gasteiger partial charge is 0.244 e. The SMILES string of the molecule is CCCCCNc1nncc(Nc2ccc(C)cc2Br)n1. The molecule has 0 unspecified atom stereocenters. The zero-order valence-electron chi connectivity index (χ0n) is 12.4. The van der Waals surface area contributed by atoms with E-state index < -0.39 is 0 Å². The van der Waals surface area contributed by atoms with Gasteiger partial charge >= 0.3 is 0 Å². The van der Waals surface area contributed by atoms with E-state index in [-0.39, 0.29) is 0 Å². The third-order valence-corrected chi connectivity index (χ3v) is 3.67. The minimum atomic E-state index is 0.555. The zero-order chi connectivity index (χ0) is 15.1. The monoisotopic (exact) mass is 349 g/mol. The van der Waals surface area contributed by atoms with E-state index in [0.29, 0.717) is 11.8 Å². The van der Waals surface area contributed by atoms with E-state index in [4.69, 9.17) is 0 Å². The molecule has 112 valence electrons. The Morgan fingerprint density at radius 2 is 2.10 bits per heavy atom. The van der Waals surface area contributed by atoms with Crippen molar-refractivity contribution < 1.29 is 0 Å². The van der Waals surface area contributed by atoms with Gasteiger partial charge in [0.15, 0.2) is 5.82 Å². The highest BCUT2D eigenvalue weighted by molar-refractivity contribution is 9.10. The predicted molar refractivity (Wildman–Crippen MR) is 90.0 cm³/mol. The van der Waals surface area contributed by atoms with Crippen molar-refractivity contribution in [2.24, 2.45) is 0 Å². The first-order valence-corrected chi connectivity index (χ1v) is 7.95. The maximum Gasteiger partial charge on any atom is 0.244 e. The molecule has 0 bridgehead atoms. The Kier molecular flexibility index (Phi) is 5.92. The molecule has 0 saturated heterocycles. The lowest BCUT2D eigenvalue weighted by atomic mass is 10.2. The molecule has 0 fully saturated rings. The van der Waals surface area contributed by atoms with Crippen molar-refractivity contribution in [1.29, 1.82) is 0 Å². The van der Waals surface area contributed by atoms with Crippen LogP contribution in [0.3, 0.4) is 0 Å². The van der Waals surface area contributed by atoms with Gasteiger partial charge < -0.3 is 10.6 Å². The molecule has 0 spiro atoms. The lowest BCUT2D eigenvalue weighted by Crippen LogP contribution is -2.07. The van der Waals surface area contributed by atoms with Crippen LogP contribution in [0.4, 0.5) is 17.5 Å². The lowest BCUT2D eigenvalue weighted by molar-refractivity contribution is 0.738. The van der Waals surface area contributed by atoms with Crippen molar-refractivity contribution in [2.75, 3.05) is 17.2 Å². The molecular weight excluding hydrogens is 330 g/mol. The molecule has 6 heteroatoms. The number of halogens is 1. The molecule has 0 aliphatic carbocycles. The Balaban J connectivity index is 2.00. The number of aromatic nitrogens is 3. The second kappa shape index (κ2) is 7.93. The van der Waals surface area contributed by atoms with Crippen LogP contribution in [0.15, 0.2) is 28.9 Å². The first-order valence-electron chi connectivity index (χ1n) is 7.16. The quantitative estimate of drug-likeness (QED) is 0.730. The number of aryl methyl sites for hydroxylation is 1. The first kappa shape index (κ1) is 15.7. The largest absolute Gasteiger partial charge is 0.353 e.